The average Bonchev–Trinajstić information content (AvgIpc) is 2.54. The van der Waals surface area contributed by atoms with Gasteiger partial charge in [-0.3, -0.25) is 4.79 Å². The van der Waals surface area contributed by atoms with Crippen LogP contribution in [0.3, 0.4) is 0 Å². The molecule has 0 aliphatic heterocycles. The molecular formula is C16H16Cl2N2O3S. The minimum Gasteiger partial charge on any atom is -0.351 e. The second-order valence-corrected chi connectivity index (χ2v) is 7.70. The molecule has 2 rings (SSSR count). The minimum absolute atomic E-state index is 0.0557. The van der Waals surface area contributed by atoms with E-state index < -0.39 is 15.9 Å². The summed E-state index contributed by atoms with van der Waals surface area (Å²) >= 11 is 11.8. The fourth-order valence-electron chi connectivity index (χ4n) is 1.93. The fraction of sp³-hybridized carbons (Fsp3) is 0.188. The molecule has 0 atom stereocenters. The van der Waals surface area contributed by atoms with Crippen molar-refractivity contribution in [3.63, 3.8) is 0 Å². The molecule has 0 saturated heterocycles. The molecule has 0 unspecified atom stereocenters. The lowest BCUT2D eigenvalue weighted by atomic mass is 10.2. The van der Waals surface area contributed by atoms with Gasteiger partial charge in [0.25, 0.3) is 5.91 Å². The summed E-state index contributed by atoms with van der Waals surface area (Å²) < 4.78 is 26.6. The number of hydrogen-bond acceptors (Lipinski definition) is 3. The van der Waals surface area contributed by atoms with Crippen molar-refractivity contribution in [1.29, 1.82) is 0 Å². The molecule has 0 aliphatic rings. The molecule has 0 saturated carbocycles. The Hall–Kier alpha value is -1.60. The summed E-state index contributed by atoms with van der Waals surface area (Å²) in [5.74, 6) is -0.419. The van der Waals surface area contributed by atoms with Gasteiger partial charge in [0.1, 0.15) is 0 Å². The first kappa shape index (κ1) is 18.7. The van der Waals surface area contributed by atoms with E-state index in [9.17, 15) is 13.2 Å². The van der Waals surface area contributed by atoms with Crippen LogP contribution in [-0.2, 0) is 10.0 Å². The van der Waals surface area contributed by atoms with Gasteiger partial charge in [0.2, 0.25) is 10.0 Å². The first-order valence-corrected chi connectivity index (χ1v) is 9.33. The summed E-state index contributed by atoms with van der Waals surface area (Å²) in [6, 6.07) is 11.1. The highest BCUT2D eigenvalue weighted by Gasteiger charge is 2.14. The third kappa shape index (κ3) is 4.95. The number of benzene rings is 2. The second kappa shape index (κ2) is 7.98. The Kier molecular flexibility index (Phi) is 6.23. The molecule has 24 heavy (non-hydrogen) atoms. The summed E-state index contributed by atoms with van der Waals surface area (Å²) in [5, 5.41) is 3.26. The van der Waals surface area contributed by atoms with Crippen molar-refractivity contribution in [3.8, 4) is 0 Å². The molecule has 8 heteroatoms. The highest BCUT2D eigenvalue weighted by molar-refractivity contribution is 7.89. The van der Waals surface area contributed by atoms with Crippen LogP contribution in [0.4, 0.5) is 0 Å². The van der Waals surface area contributed by atoms with E-state index in [1.807, 2.05) is 6.92 Å². The van der Waals surface area contributed by atoms with Crippen LogP contribution < -0.4 is 10.0 Å². The summed E-state index contributed by atoms with van der Waals surface area (Å²) in [4.78, 5) is 12.2. The highest BCUT2D eigenvalue weighted by atomic mass is 35.5. The summed E-state index contributed by atoms with van der Waals surface area (Å²) in [6.45, 7) is 2.05. The number of sulfonamides is 1. The van der Waals surface area contributed by atoms with Gasteiger partial charge in [-0.25, -0.2) is 13.1 Å². The van der Waals surface area contributed by atoms with E-state index in [2.05, 4.69) is 10.0 Å². The van der Waals surface area contributed by atoms with Crippen LogP contribution in [0, 0.1) is 6.92 Å². The zero-order valence-electron chi connectivity index (χ0n) is 12.8. The molecule has 2 N–H and O–H groups in total. The molecule has 2 aromatic carbocycles. The first-order chi connectivity index (χ1) is 11.3. The number of halogens is 2. The summed E-state index contributed by atoms with van der Waals surface area (Å²) in [5.41, 5.74) is 1.21. The molecule has 0 bridgehead atoms. The molecule has 0 heterocycles. The van der Waals surface area contributed by atoms with Crippen LogP contribution in [0.15, 0.2) is 47.4 Å². The zero-order chi connectivity index (χ0) is 17.7. The minimum atomic E-state index is -3.60. The van der Waals surface area contributed by atoms with Crippen molar-refractivity contribution in [2.24, 2.45) is 0 Å². The Balaban J connectivity index is 1.89. The summed E-state index contributed by atoms with van der Waals surface area (Å²) in [6.07, 6.45) is 0. The van der Waals surface area contributed by atoms with Crippen molar-refractivity contribution in [1.82, 2.24) is 10.0 Å². The van der Waals surface area contributed by atoms with Crippen LogP contribution >= 0.6 is 23.2 Å². The molecule has 0 fully saturated rings. The third-order valence-electron chi connectivity index (χ3n) is 3.21. The van der Waals surface area contributed by atoms with E-state index in [1.54, 1.807) is 18.2 Å². The van der Waals surface area contributed by atoms with Crippen molar-refractivity contribution in [3.05, 3.63) is 63.6 Å². The van der Waals surface area contributed by atoms with Gasteiger partial charge >= 0.3 is 0 Å². The van der Waals surface area contributed by atoms with Crippen molar-refractivity contribution in [2.75, 3.05) is 13.1 Å². The van der Waals surface area contributed by atoms with Crippen LogP contribution in [0.25, 0.3) is 0 Å². The van der Waals surface area contributed by atoms with Crippen molar-refractivity contribution < 1.29 is 13.2 Å². The zero-order valence-corrected chi connectivity index (χ0v) is 15.2. The topological polar surface area (TPSA) is 75.3 Å². The number of amides is 1. The van der Waals surface area contributed by atoms with Gasteiger partial charge in [-0.15, -0.1) is 0 Å². The Bertz CT molecular complexity index is 837. The lowest BCUT2D eigenvalue weighted by molar-refractivity contribution is 0.0954. The van der Waals surface area contributed by atoms with E-state index in [1.165, 1.54) is 24.3 Å². The molecule has 5 nitrogen and oxygen atoms in total. The average molecular weight is 387 g/mol. The third-order valence-corrected chi connectivity index (χ3v) is 5.25. The molecular weight excluding hydrogens is 371 g/mol. The predicted octanol–water partition coefficient (Wildman–Crippen LogP) is 3.01. The number of hydrogen-bond donors (Lipinski definition) is 2. The van der Waals surface area contributed by atoms with E-state index in [-0.39, 0.29) is 28.6 Å². The van der Waals surface area contributed by atoms with Gasteiger partial charge in [0, 0.05) is 18.1 Å². The standard InChI is InChI=1S/C16H16Cl2N2O3S/c1-11-2-5-13(6-3-11)24(22,23)20-9-8-19-16(21)14-10-12(17)4-7-15(14)18/h2-7,10,20H,8-9H2,1H3,(H,19,21). The van der Waals surface area contributed by atoms with Crippen molar-refractivity contribution in [2.45, 2.75) is 11.8 Å². The van der Waals surface area contributed by atoms with Gasteiger partial charge in [-0.2, -0.15) is 0 Å². The Morgan fingerprint density at radius 2 is 1.71 bits per heavy atom. The maximum absolute atomic E-state index is 12.1. The number of rotatable bonds is 6. The van der Waals surface area contributed by atoms with Gasteiger partial charge in [-0.05, 0) is 37.3 Å². The Morgan fingerprint density at radius 3 is 2.38 bits per heavy atom. The van der Waals surface area contributed by atoms with Crippen LogP contribution in [0.2, 0.25) is 10.0 Å². The lowest BCUT2D eigenvalue weighted by Crippen LogP contribution is -2.34. The number of carbonyl (C=O) groups excluding carboxylic acids is 1. The highest BCUT2D eigenvalue weighted by Crippen LogP contribution is 2.20. The normalized spacial score (nSPS) is 11.3. The van der Waals surface area contributed by atoms with Gasteiger partial charge in [0.15, 0.2) is 0 Å². The maximum Gasteiger partial charge on any atom is 0.252 e. The van der Waals surface area contributed by atoms with E-state index in [0.717, 1.165) is 5.56 Å². The van der Waals surface area contributed by atoms with E-state index in [4.69, 9.17) is 23.2 Å². The molecule has 1 amide bonds. The Morgan fingerprint density at radius 1 is 1.04 bits per heavy atom. The first-order valence-electron chi connectivity index (χ1n) is 7.09. The molecule has 0 aromatic heterocycles. The predicted molar refractivity (Wildman–Crippen MR) is 95.2 cm³/mol. The molecule has 0 spiro atoms. The lowest BCUT2D eigenvalue weighted by Gasteiger charge is -2.09. The number of nitrogens with one attached hydrogen (secondary N) is 2. The van der Waals surface area contributed by atoms with Crippen LogP contribution in [0.5, 0.6) is 0 Å². The monoisotopic (exact) mass is 386 g/mol. The quantitative estimate of drug-likeness (QED) is 0.749. The van der Waals surface area contributed by atoms with Gasteiger partial charge in [-0.1, -0.05) is 40.9 Å². The molecule has 2 aromatic rings. The molecule has 128 valence electrons. The largest absolute Gasteiger partial charge is 0.351 e. The smallest absolute Gasteiger partial charge is 0.252 e. The van der Waals surface area contributed by atoms with Gasteiger partial charge < -0.3 is 5.32 Å². The van der Waals surface area contributed by atoms with E-state index in [0.29, 0.717) is 5.02 Å². The fourth-order valence-corrected chi connectivity index (χ4v) is 3.34. The maximum atomic E-state index is 12.1. The Labute approximate surface area is 151 Å². The van der Waals surface area contributed by atoms with Crippen LogP contribution in [0.1, 0.15) is 15.9 Å². The molecule has 0 aliphatic carbocycles. The van der Waals surface area contributed by atoms with Crippen molar-refractivity contribution >= 4 is 39.1 Å². The summed E-state index contributed by atoms with van der Waals surface area (Å²) in [7, 11) is -3.60. The number of carbonyl (C=O) groups is 1. The van der Waals surface area contributed by atoms with Gasteiger partial charge in [0.05, 0.1) is 15.5 Å². The van der Waals surface area contributed by atoms with E-state index >= 15 is 0 Å². The SMILES string of the molecule is Cc1ccc(S(=O)(=O)NCCNC(=O)c2cc(Cl)ccc2Cl)cc1. The number of aryl methyl sites for hydroxylation is 1. The molecule has 0 radical (unpaired) electrons. The van der Waals surface area contributed by atoms with Crippen LogP contribution in [-0.4, -0.2) is 27.4 Å². The second-order valence-electron chi connectivity index (χ2n) is 5.09.